The summed E-state index contributed by atoms with van der Waals surface area (Å²) < 4.78 is 203. The summed E-state index contributed by atoms with van der Waals surface area (Å²) in [5.41, 5.74) is 20.4. The van der Waals surface area contributed by atoms with Crippen molar-refractivity contribution in [2.24, 2.45) is 0 Å². The molecule has 6 aliphatic heterocycles. The molecule has 128 heavy (non-hydrogen) atoms. The molecular weight excluding hydrogens is 1940 g/mol. The van der Waals surface area contributed by atoms with Crippen LogP contribution in [0.1, 0.15) is 100 Å². The molecular formula is C62H80N24O30P6S6. The number of nitrogen functional groups attached to an aromatic ring is 4. The van der Waals surface area contributed by atoms with Gasteiger partial charge in [0.15, 0.2) is 45.3 Å². The standard InChI is InChI=1S/C62H80N24O30P6S6/c1-5-27-28(6-43(105-27)85-23-73-47-53(85)75-59(65)77-57(47)89)112-118(94,124)100-16-36-31(9-41(108-36)83-21-71-45-49(63)67-19-69-51(45)83)115-122(98,128)103-17-37-32(10-42(109-37)84-22-72-46-50(64)68-20-70-52(46)84)114-121(97,127)102-15-35-30(8-40(107-35)82-13-26(3)56(88)80-62(82)92)113-119(95,125)104-18-38-33(11-44(110-38)86-24-74-48-54(86)76-60(66)78-58(48)90)116-120(96,126)101-14-34-29(111-117(93,123)99-4)7-39(106-34)81-12-25(2)55(87)79-61(81)91/h12-13,19-24,27-44H,5-11,14-18H2,1-4H3,(H,93,123)(H,94,124)(H,95,125)(H,96,126)(H,97,127)(H,98,128)(H2,63,67,69)(H2,64,68,70)(H,79,87,91)(H,80,88,92)(H3,65,75,77,89)(H3,66,76,78,90)/t27-,28?,29?,30?,31?,32?,33?,34-,35-,36-,37-,38-,39-,40-,41-,42-,43-,44-,117?,118?,119?,120?,121?,122?/m1/s1. The highest BCUT2D eigenvalue weighted by Crippen LogP contribution is 2.64. The molecule has 0 bridgehead atoms. The lowest BCUT2D eigenvalue weighted by molar-refractivity contribution is -0.0525. The second-order valence-corrected chi connectivity index (χ2v) is 47.0. The zero-order chi connectivity index (χ0) is 91.2. The van der Waals surface area contributed by atoms with E-state index in [1.807, 2.05) is 0 Å². The highest BCUT2D eigenvalue weighted by molar-refractivity contribution is 8.46. The Morgan fingerprint density at radius 3 is 0.930 bits per heavy atom. The SMILES string of the molecule is CC[C@H]1O[C@@H](n2cnc3c(=O)[nH]c(N)nc32)CC1OP(=O)(S)OC[C@H]1O[C@@H](n2cnc3c(N)ncnc32)CC1OP(=O)(S)OC[C@H]1O[C@@H](n2cnc3c(N)ncnc32)CC1OP(=O)(S)OC[C@H]1O[C@@H](n2cc(C)c(=O)[nH]c2=O)CC1OP(=O)(S)OC[C@H]1O[C@@H](n2cnc3c(=O)[nH]c(N)nc32)CC1OP(=O)(S)OC[C@H]1O[C@@H](n2cc(C)c(=O)[nH]c2=O)CC1OP(=O)(S)OC. The summed E-state index contributed by atoms with van der Waals surface area (Å²) in [6.07, 6.45) is -13.3. The minimum atomic E-state index is -4.85. The van der Waals surface area contributed by atoms with Gasteiger partial charge >= 0.3 is 52.2 Å². The number of imidazole rings is 4. The van der Waals surface area contributed by atoms with Crippen LogP contribution < -0.4 is 56.6 Å². The van der Waals surface area contributed by atoms with Crippen LogP contribution in [0.4, 0.5) is 23.5 Å². The molecule has 694 valence electrons. The number of aromatic nitrogens is 20. The lowest BCUT2D eigenvalue weighted by Gasteiger charge is -2.27. The number of aryl methyl sites for hydroxylation is 2. The summed E-state index contributed by atoms with van der Waals surface area (Å²) in [7, 11) is 1.06. The molecule has 12 unspecified atom stereocenters. The van der Waals surface area contributed by atoms with Crippen molar-refractivity contribution in [3.8, 4) is 0 Å². The van der Waals surface area contributed by atoms with Gasteiger partial charge in [0.05, 0.1) is 70.6 Å². The Morgan fingerprint density at radius 1 is 0.367 bits per heavy atom. The Labute approximate surface area is 748 Å². The van der Waals surface area contributed by atoms with Gasteiger partial charge in [0.1, 0.15) is 122 Å². The Hall–Kier alpha value is -6.88. The first-order valence-electron chi connectivity index (χ1n) is 38.3. The van der Waals surface area contributed by atoms with E-state index in [2.05, 4.69) is 143 Å². The predicted octanol–water partition coefficient (Wildman–Crippen LogP) is 5.38. The van der Waals surface area contributed by atoms with E-state index in [-0.39, 0.29) is 111 Å². The van der Waals surface area contributed by atoms with E-state index in [0.29, 0.717) is 6.42 Å². The van der Waals surface area contributed by atoms with Crippen LogP contribution in [0.15, 0.2) is 79.1 Å². The molecule has 6 aliphatic rings. The first-order valence-corrected chi connectivity index (χ1v) is 54.5. The summed E-state index contributed by atoms with van der Waals surface area (Å²) in [5, 5.41) is 0. The minimum absolute atomic E-state index is 0.00188. The van der Waals surface area contributed by atoms with Gasteiger partial charge in [-0.3, -0.25) is 116 Å². The van der Waals surface area contributed by atoms with Crippen LogP contribution in [0.3, 0.4) is 0 Å². The number of ether oxygens (including phenoxy) is 6. The second-order valence-electron chi connectivity index (χ2n) is 29.6. The monoisotopic (exact) mass is 2020 g/mol. The van der Waals surface area contributed by atoms with Gasteiger partial charge in [-0.25, -0.2) is 76.9 Å². The average Bonchev–Trinajstić information content (AvgIpc) is 1.64. The van der Waals surface area contributed by atoms with E-state index >= 15 is 0 Å². The van der Waals surface area contributed by atoms with Gasteiger partial charge in [-0.2, -0.15) is 9.97 Å². The van der Waals surface area contributed by atoms with Crippen molar-refractivity contribution in [2.75, 3.05) is 63.1 Å². The van der Waals surface area contributed by atoms with Crippen LogP contribution >= 0.6 is 114 Å². The maximum absolute atomic E-state index is 15.0. The number of anilines is 4. The molecule has 10 aromatic heterocycles. The van der Waals surface area contributed by atoms with E-state index < -0.39 is 224 Å². The van der Waals surface area contributed by atoms with Gasteiger partial charge in [-0.15, -0.1) is 0 Å². The van der Waals surface area contributed by atoms with Crippen LogP contribution in [-0.2, 0) is 110 Å². The Bertz CT molecular complexity index is 6610. The molecule has 54 nitrogen and oxygen atoms in total. The van der Waals surface area contributed by atoms with Gasteiger partial charge < -0.3 is 55.9 Å². The zero-order valence-electron chi connectivity index (χ0n) is 66.6. The summed E-state index contributed by atoms with van der Waals surface area (Å²) in [4.78, 5) is 128. The number of nitrogens with two attached hydrogens (primary N) is 4. The van der Waals surface area contributed by atoms with Crippen LogP contribution in [0, 0.1) is 13.8 Å². The minimum Gasteiger partial charge on any atom is -0.382 e. The van der Waals surface area contributed by atoms with E-state index in [9.17, 15) is 56.2 Å². The number of fused-ring (bicyclic) bond motifs is 4. The molecule has 24 atom stereocenters. The van der Waals surface area contributed by atoms with Crippen LogP contribution in [0.5, 0.6) is 0 Å². The highest BCUT2D eigenvalue weighted by atomic mass is 32.7. The number of hydrogen-bond acceptors (Lipinski definition) is 44. The molecule has 0 spiro atoms. The molecule has 66 heteroatoms. The Balaban J connectivity index is 0.614. The van der Waals surface area contributed by atoms with E-state index in [1.54, 1.807) is 6.92 Å². The zero-order valence-corrected chi connectivity index (χ0v) is 77.3. The quantitative estimate of drug-likeness (QED) is 0.0175. The molecule has 6 saturated heterocycles. The number of rotatable bonds is 35. The van der Waals surface area contributed by atoms with E-state index in [4.69, 9.17) is 106 Å². The normalized spacial score (nSPS) is 29.1. The molecule has 0 saturated carbocycles. The third kappa shape index (κ3) is 20.9. The number of aromatic amines is 4. The maximum atomic E-state index is 15.0. The fourth-order valence-electron chi connectivity index (χ4n) is 15.1. The fraction of sp³-hybridized carbons (Fsp3) is 0.548. The number of H-pyrrole nitrogens is 4. The molecule has 6 fully saturated rings. The van der Waals surface area contributed by atoms with E-state index in [1.165, 1.54) is 82.5 Å². The Kier molecular flexibility index (Phi) is 27.7. The topological polar surface area (TPSA) is 697 Å². The molecule has 0 aromatic carbocycles. The molecule has 12 N–H and O–H groups in total. The number of hydrogen-bond donors (Lipinski definition) is 14. The molecule has 16 rings (SSSR count). The largest absolute Gasteiger partial charge is 0.386 e. The summed E-state index contributed by atoms with van der Waals surface area (Å²) >= 11 is 25.7. The summed E-state index contributed by atoms with van der Waals surface area (Å²) in [6.45, 7) is -26.7. The number of nitrogens with zero attached hydrogens (tertiary/aromatic N) is 16. The highest BCUT2D eigenvalue weighted by Gasteiger charge is 2.52. The van der Waals surface area contributed by atoms with Crippen molar-refractivity contribution >= 4 is 182 Å². The first kappa shape index (κ1) is 94.3. The summed E-state index contributed by atoms with van der Waals surface area (Å²) in [5.74, 6) is -0.439. The molecule has 16 heterocycles. The van der Waals surface area contributed by atoms with Gasteiger partial charge in [-0.1, -0.05) is 80.4 Å². The van der Waals surface area contributed by atoms with Crippen LogP contribution in [0.25, 0.3) is 44.7 Å². The van der Waals surface area contributed by atoms with Crippen molar-refractivity contribution < 1.29 is 110 Å². The molecule has 0 aliphatic carbocycles. The first-order chi connectivity index (χ1) is 60.5. The Morgan fingerprint density at radius 2 is 0.633 bits per heavy atom. The van der Waals surface area contributed by atoms with Crippen LogP contribution in [-0.4, -0.2) is 211 Å². The molecule has 0 amide bonds. The predicted molar refractivity (Wildman–Crippen MR) is 464 cm³/mol. The number of thiol groups is 6. The van der Waals surface area contributed by atoms with Crippen molar-refractivity contribution in [3.05, 3.63) is 124 Å². The lowest BCUT2D eigenvalue weighted by atomic mass is 10.1. The van der Waals surface area contributed by atoms with Gasteiger partial charge in [-0.05, 0) is 20.3 Å². The average molecular weight is 2020 g/mol. The smallest absolute Gasteiger partial charge is 0.382 e. The third-order valence-corrected chi connectivity index (χ3v) is 31.1. The maximum Gasteiger partial charge on any atom is 0.386 e. The van der Waals surface area contributed by atoms with E-state index in [0.717, 1.165) is 16.2 Å². The van der Waals surface area contributed by atoms with Crippen molar-refractivity contribution in [1.82, 2.24) is 97.2 Å². The third-order valence-electron chi connectivity index (χ3n) is 21.2. The van der Waals surface area contributed by atoms with Crippen molar-refractivity contribution in [1.29, 1.82) is 0 Å². The van der Waals surface area contributed by atoms with Gasteiger partial charge in [0.25, 0.3) is 22.2 Å². The second kappa shape index (κ2) is 37.5. The fourth-order valence-corrected chi connectivity index (χ4v) is 23.8. The number of nitrogens with one attached hydrogen (secondary N) is 4. The summed E-state index contributed by atoms with van der Waals surface area (Å²) in [6, 6.07) is 0. The van der Waals surface area contributed by atoms with Gasteiger partial charge in [0.2, 0.25) is 11.9 Å². The van der Waals surface area contributed by atoms with Crippen molar-refractivity contribution in [3.63, 3.8) is 0 Å². The molecule has 0 radical (unpaired) electrons. The van der Waals surface area contributed by atoms with Crippen LogP contribution in [0.2, 0.25) is 0 Å². The van der Waals surface area contributed by atoms with Crippen molar-refractivity contribution in [2.45, 2.75) is 176 Å². The van der Waals surface area contributed by atoms with Gasteiger partial charge in [0, 0.05) is 69.2 Å². The molecule has 10 aromatic rings. The lowest BCUT2D eigenvalue weighted by Crippen LogP contribution is -2.33.